The fraction of sp³-hybridized carbons (Fsp3) is 0.444. The average molecular weight is 399 g/mol. The van der Waals surface area contributed by atoms with Crippen LogP contribution in [0, 0.1) is 0 Å². The molecule has 0 N–H and O–H groups in total. The number of sulfonamides is 1. The van der Waals surface area contributed by atoms with Crippen LogP contribution in [-0.4, -0.2) is 38.9 Å². The molecule has 0 bridgehead atoms. The number of benzene rings is 1. The molecular formula is C18H23ClN2O2S2. The molecule has 1 aliphatic heterocycles. The van der Waals surface area contributed by atoms with Gasteiger partial charge >= 0.3 is 0 Å². The molecule has 1 aliphatic rings. The van der Waals surface area contributed by atoms with Crippen molar-refractivity contribution in [3.8, 4) is 0 Å². The molecule has 4 nitrogen and oxygen atoms in total. The molecule has 0 spiro atoms. The third kappa shape index (κ3) is 3.87. The fourth-order valence-corrected chi connectivity index (χ4v) is 6.18. The second kappa shape index (κ2) is 6.91. The Morgan fingerprint density at radius 3 is 2.20 bits per heavy atom. The minimum Gasteiger partial charge on any atom is -0.369 e. The van der Waals surface area contributed by atoms with Crippen LogP contribution in [0.3, 0.4) is 0 Å². The summed E-state index contributed by atoms with van der Waals surface area (Å²) in [5.74, 6) is 0. The molecule has 2 aromatic rings. The van der Waals surface area contributed by atoms with Gasteiger partial charge in [0.1, 0.15) is 4.21 Å². The zero-order valence-corrected chi connectivity index (χ0v) is 17.1. The van der Waals surface area contributed by atoms with Gasteiger partial charge in [0.2, 0.25) is 0 Å². The van der Waals surface area contributed by atoms with E-state index in [0.29, 0.717) is 34.7 Å². The molecule has 1 aromatic carbocycles. The third-order valence-electron chi connectivity index (χ3n) is 4.43. The summed E-state index contributed by atoms with van der Waals surface area (Å²) in [5.41, 5.74) is 2.54. The number of nitrogens with zero attached hydrogens (tertiary/aromatic N) is 2. The molecule has 136 valence electrons. The van der Waals surface area contributed by atoms with Crippen molar-refractivity contribution in [1.29, 1.82) is 0 Å². The first kappa shape index (κ1) is 18.7. The molecule has 3 rings (SSSR count). The number of thiophene rings is 1. The molecule has 2 heterocycles. The summed E-state index contributed by atoms with van der Waals surface area (Å²) in [6.07, 6.45) is 0. The minimum atomic E-state index is -3.44. The lowest BCUT2D eigenvalue weighted by molar-refractivity contribution is 0.385. The summed E-state index contributed by atoms with van der Waals surface area (Å²) in [4.78, 5) is 2.29. The summed E-state index contributed by atoms with van der Waals surface area (Å²) < 4.78 is 27.8. The molecule has 1 aromatic heterocycles. The summed E-state index contributed by atoms with van der Waals surface area (Å²) in [6, 6.07) is 11.6. The lowest BCUT2D eigenvalue weighted by Gasteiger charge is -2.37. The molecule has 7 heteroatoms. The molecule has 0 atom stereocenters. The molecule has 25 heavy (non-hydrogen) atoms. The Labute approximate surface area is 159 Å². The van der Waals surface area contributed by atoms with E-state index in [1.165, 1.54) is 11.3 Å². The highest BCUT2D eigenvalue weighted by Crippen LogP contribution is 2.33. The van der Waals surface area contributed by atoms with Gasteiger partial charge in [-0.15, -0.1) is 11.3 Å². The standard InChI is InChI=1S/C18H23ClN2O2S2/c1-18(2,3)14-6-4-5-7-15(14)20-10-12-21(13-11-20)25(22,23)17-9-8-16(19)24-17/h4-9H,10-13H2,1-3H3. The Hall–Kier alpha value is -1.08. The van der Waals surface area contributed by atoms with E-state index in [2.05, 4.69) is 43.9 Å². The highest BCUT2D eigenvalue weighted by molar-refractivity contribution is 7.91. The van der Waals surface area contributed by atoms with Gasteiger partial charge in [-0.2, -0.15) is 4.31 Å². The molecule has 0 saturated carbocycles. The van der Waals surface area contributed by atoms with Crippen molar-refractivity contribution in [3.05, 3.63) is 46.3 Å². The van der Waals surface area contributed by atoms with Gasteiger partial charge in [-0.25, -0.2) is 8.42 Å². The van der Waals surface area contributed by atoms with Gasteiger partial charge in [0.25, 0.3) is 10.0 Å². The molecule has 0 unspecified atom stereocenters. The molecule has 0 aliphatic carbocycles. The highest BCUT2D eigenvalue weighted by atomic mass is 35.5. The Morgan fingerprint density at radius 1 is 1.00 bits per heavy atom. The van der Waals surface area contributed by atoms with Crippen molar-refractivity contribution in [2.45, 2.75) is 30.4 Å². The van der Waals surface area contributed by atoms with E-state index < -0.39 is 10.0 Å². The average Bonchev–Trinajstić information content (AvgIpc) is 3.01. The van der Waals surface area contributed by atoms with Crippen LogP contribution in [0.4, 0.5) is 5.69 Å². The predicted octanol–water partition coefficient (Wildman–Crippen LogP) is 4.21. The largest absolute Gasteiger partial charge is 0.369 e. The fourth-order valence-electron chi connectivity index (χ4n) is 3.12. The lowest BCUT2D eigenvalue weighted by atomic mass is 9.85. The van der Waals surface area contributed by atoms with Crippen LogP contribution in [0.15, 0.2) is 40.6 Å². The van der Waals surface area contributed by atoms with Gasteiger partial charge in [0.05, 0.1) is 4.34 Å². The quantitative estimate of drug-likeness (QED) is 0.777. The summed E-state index contributed by atoms with van der Waals surface area (Å²) in [5, 5.41) is 0. The van der Waals surface area contributed by atoms with Crippen LogP contribution in [0.25, 0.3) is 0 Å². The SMILES string of the molecule is CC(C)(C)c1ccccc1N1CCN(S(=O)(=O)c2ccc(Cl)s2)CC1. The van der Waals surface area contributed by atoms with Crippen LogP contribution >= 0.6 is 22.9 Å². The van der Waals surface area contributed by atoms with Gasteiger partial charge in [-0.1, -0.05) is 50.6 Å². The number of hydrogen-bond donors (Lipinski definition) is 0. The van der Waals surface area contributed by atoms with Crippen molar-refractivity contribution in [2.75, 3.05) is 31.1 Å². The molecule has 0 radical (unpaired) electrons. The second-order valence-electron chi connectivity index (χ2n) is 7.22. The Morgan fingerprint density at radius 2 is 1.64 bits per heavy atom. The van der Waals surface area contributed by atoms with Gasteiger partial charge < -0.3 is 4.90 Å². The Bertz CT molecular complexity index is 848. The van der Waals surface area contributed by atoms with Crippen molar-refractivity contribution in [1.82, 2.24) is 4.31 Å². The van der Waals surface area contributed by atoms with Gasteiger partial charge in [0, 0.05) is 31.9 Å². The van der Waals surface area contributed by atoms with E-state index in [-0.39, 0.29) is 5.41 Å². The van der Waals surface area contributed by atoms with Crippen molar-refractivity contribution >= 4 is 38.6 Å². The van der Waals surface area contributed by atoms with Crippen LogP contribution in [0.1, 0.15) is 26.3 Å². The smallest absolute Gasteiger partial charge is 0.252 e. The maximum atomic E-state index is 12.7. The van der Waals surface area contributed by atoms with Crippen molar-refractivity contribution in [2.24, 2.45) is 0 Å². The highest BCUT2D eigenvalue weighted by Gasteiger charge is 2.31. The molecule has 1 saturated heterocycles. The number of piperazine rings is 1. The predicted molar refractivity (Wildman–Crippen MR) is 105 cm³/mol. The Balaban J connectivity index is 1.77. The maximum absolute atomic E-state index is 12.7. The Kier molecular flexibility index (Phi) is 5.17. The molecule has 1 fully saturated rings. The van der Waals surface area contributed by atoms with Crippen molar-refractivity contribution < 1.29 is 8.42 Å². The van der Waals surface area contributed by atoms with E-state index in [1.807, 2.05) is 6.07 Å². The van der Waals surface area contributed by atoms with Crippen LogP contribution < -0.4 is 4.90 Å². The summed E-state index contributed by atoms with van der Waals surface area (Å²) in [7, 11) is -3.44. The molecular weight excluding hydrogens is 376 g/mol. The second-order valence-corrected chi connectivity index (χ2v) is 11.1. The van der Waals surface area contributed by atoms with E-state index >= 15 is 0 Å². The number of hydrogen-bond acceptors (Lipinski definition) is 4. The lowest BCUT2D eigenvalue weighted by Crippen LogP contribution is -2.49. The number of rotatable bonds is 3. The molecule has 0 amide bonds. The first-order chi connectivity index (χ1) is 11.7. The topological polar surface area (TPSA) is 40.6 Å². The summed E-state index contributed by atoms with van der Waals surface area (Å²) >= 11 is 7.01. The van der Waals surface area contributed by atoms with E-state index in [4.69, 9.17) is 11.6 Å². The van der Waals surface area contributed by atoms with Crippen LogP contribution in [0.2, 0.25) is 4.34 Å². The number of anilines is 1. The minimum absolute atomic E-state index is 0.0491. The third-order valence-corrected chi connectivity index (χ3v) is 8.03. The maximum Gasteiger partial charge on any atom is 0.252 e. The van der Waals surface area contributed by atoms with E-state index in [1.54, 1.807) is 16.4 Å². The zero-order valence-electron chi connectivity index (χ0n) is 14.7. The summed E-state index contributed by atoms with van der Waals surface area (Å²) in [6.45, 7) is 8.94. The monoisotopic (exact) mass is 398 g/mol. The number of para-hydroxylation sites is 1. The van der Waals surface area contributed by atoms with Crippen molar-refractivity contribution in [3.63, 3.8) is 0 Å². The van der Waals surface area contributed by atoms with Crippen LogP contribution in [0.5, 0.6) is 0 Å². The number of halogens is 1. The first-order valence-corrected chi connectivity index (χ1v) is 10.9. The van der Waals surface area contributed by atoms with Gasteiger partial charge in [-0.3, -0.25) is 0 Å². The van der Waals surface area contributed by atoms with E-state index in [0.717, 1.165) is 11.3 Å². The van der Waals surface area contributed by atoms with Crippen LogP contribution in [-0.2, 0) is 15.4 Å². The van der Waals surface area contributed by atoms with E-state index in [9.17, 15) is 8.42 Å². The first-order valence-electron chi connectivity index (χ1n) is 8.29. The normalized spacial score (nSPS) is 17.0. The van der Waals surface area contributed by atoms with Gasteiger partial charge in [0.15, 0.2) is 0 Å². The zero-order chi connectivity index (χ0) is 18.2. The van der Waals surface area contributed by atoms with Gasteiger partial charge in [-0.05, 0) is 29.2 Å².